The highest BCUT2D eigenvalue weighted by molar-refractivity contribution is 5.79. The molecule has 4 heteroatoms. The second-order valence-electron chi connectivity index (χ2n) is 5.56. The van der Waals surface area contributed by atoms with Crippen molar-refractivity contribution < 1.29 is 9.53 Å². The van der Waals surface area contributed by atoms with Gasteiger partial charge in [-0.1, -0.05) is 0 Å². The maximum Gasteiger partial charge on any atom is 0.227 e. The number of likely N-dealkylation sites (tertiary alicyclic amines) is 1. The summed E-state index contributed by atoms with van der Waals surface area (Å²) in [6.45, 7) is 5.65. The molecular weight excluding hydrogens is 216 g/mol. The third-order valence-electron chi connectivity index (χ3n) is 4.11. The lowest BCUT2D eigenvalue weighted by molar-refractivity contribution is -0.144. The van der Waals surface area contributed by atoms with Crippen LogP contribution in [0.15, 0.2) is 0 Å². The van der Waals surface area contributed by atoms with Crippen LogP contribution < -0.4 is 5.32 Å². The van der Waals surface area contributed by atoms with Crippen molar-refractivity contribution in [1.82, 2.24) is 10.2 Å². The first-order valence-electron chi connectivity index (χ1n) is 6.69. The molecule has 0 aromatic carbocycles. The first-order chi connectivity index (χ1) is 8.14. The highest BCUT2D eigenvalue weighted by Crippen LogP contribution is 2.25. The van der Waals surface area contributed by atoms with E-state index in [9.17, 15) is 4.79 Å². The normalized spacial score (nSPS) is 34.7. The summed E-state index contributed by atoms with van der Waals surface area (Å²) in [6.07, 6.45) is 4.25. The Bertz CT molecular complexity index is 277. The molecule has 0 aromatic heterocycles. The fourth-order valence-corrected chi connectivity index (χ4v) is 2.88. The topological polar surface area (TPSA) is 41.6 Å². The molecule has 0 saturated carbocycles. The van der Waals surface area contributed by atoms with Crippen LogP contribution in [-0.2, 0) is 9.53 Å². The number of nitrogens with zero attached hydrogens (tertiary/aromatic N) is 1. The molecule has 2 heterocycles. The van der Waals surface area contributed by atoms with Crippen LogP contribution in [-0.4, -0.2) is 49.7 Å². The number of methoxy groups -OCH3 is 1. The number of hydrogen-bond donors (Lipinski definition) is 1. The average Bonchev–Trinajstić information content (AvgIpc) is 2.39. The summed E-state index contributed by atoms with van der Waals surface area (Å²) in [6, 6.07) is 0. The number of carbonyl (C=O) groups excluding carboxylic acids is 1. The molecule has 2 aliphatic heterocycles. The first-order valence-corrected chi connectivity index (χ1v) is 6.69. The van der Waals surface area contributed by atoms with Crippen molar-refractivity contribution in [2.24, 2.45) is 5.92 Å². The minimum absolute atomic E-state index is 0.143. The van der Waals surface area contributed by atoms with Crippen molar-refractivity contribution in [1.29, 1.82) is 0 Å². The van der Waals surface area contributed by atoms with E-state index in [1.807, 2.05) is 4.90 Å². The molecule has 0 aromatic rings. The molecule has 2 atom stereocenters. The van der Waals surface area contributed by atoms with Gasteiger partial charge < -0.3 is 15.0 Å². The second kappa shape index (κ2) is 5.36. The summed E-state index contributed by atoms with van der Waals surface area (Å²) < 4.78 is 5.54. The third kappa shape index (κ3) is 2.99. The van der Waals surface area contributed by atoms with E-state index < -0.39 is 0 Å². The minimum Gasteiger partial charge on any atom is -0.377 e. The summed E-state index contributed by atoms with van der Waals surface area (Å²) in [7, 11) is 1.75. The van der Waals surface area contributed by atoms with Gasteiger partial charge in [0.15, 0.2) is 0 Å². The Morgan fingerprint density at radius 2 is 2.29 bits per heavy atom. The predicted molar refractivity (Wildman–Crippen MR) is 66.8 cm³/mol. The van der Waals surface area contributed by atoms with Gasteiger partial charge in [0.25, 0.3) is 0 Å². The fourth-order valence-electron chi connectivity index (χ4n) is 2.88. The van der Waals surface area contributed by atoms with Crippen molar-refractivity contribution in [3.63, 3.8) is 0 Å². The molecule has 98 valence electrons. The van der Waals surface area contributed by atoms with E-state index in [0.717, 1.165) is 51.9 Å². The molecule has 0 radical (unpaired) electrons. The van der Waals surface area contributed by atoms with E-state index in [1.165, 1.54) is 0 Å². The number of amides is 1. The molecule has 2 fully saturated rings. The van der Waals surface area contributed by atoms with Crippen molar-refractivity contribution in [3.05, 3.63) is 0 Å². The van der Waals surface area contributed by atoms with Gasteiger partial charge in [0.2, 0.25) is 5.91 Å². The maximum atomic E-state index is 12.4. The number of carbonyl (C=O) groups is 1. The Labute approximate surface area is 104 Å². The number of hydrogen-bond acceptors (Lipinski definition) is 3. The molecule has 4 nitrogen and oxygen atoms in total. The van der Waals surface area contributed by atoms with Gasteiger partial charge in [-0.25, -0.2) is 0 Å². The van der Waals surface area contributed by atoms with Gasteiger partial charge in [-0.3, -0.25) is 4.79 Å². The molecule has 1 unspecified atom stereocenters. The van der Waals surface area contributed by atoms with Gasteiger partial charge in [-0.2, -0.15) is 0 Å². The Morgan fingerprint density at radius 1 is 1.47 bits per heavy atom. The van der Waals surface area contributed by atoms with Crippen LogP contribution in [0.2, 0.25) is 0 Å². The lowest BCUT2D eigenvalue weighted by Crippen LogP contribution is -2.52. The summed E-state index contributed by atoms with van der Waals surface area (Å²) >= 11 is 0. The zero-order chi connectivity index (χ0) is 12.3. The molecule has 0 aliphatic carbocycles. The summed E-state index contributed by atoms with van der Waals surface area (Å²) in [5.41, 5.74) is -0.143. The predicted octanol–water partition coefficient (Wildman–Crippen LogP) is 1.01. The molecule has 2 rings (SSSR count). The number of rotatable bonds is 2. The van der Waals surface area contributed by atoms with E-state index in [1.54, 1.807) is 7.11 Å². The Morgan fingerprint density at radius 3 is 2.94 bits per heavy atom. The van der Waals surface area contributed by atoms with Crippen molar-refractivity contribution in [2.75, 3.05) is 33.3 Å². The lowest BCUT2D eigenvalue weighted by Gasteiger charge is -2.41. The van der Waals surface area contributed by atoms with Crippen LogP contribution in [0.1, 0.15) is 32.6 Å². The Balaban J connectivity index is 1.94. The fraction of sp³-hybridized carbons (Fsp3) is 0.923. The van der Waals surface area contributed by atoms with Crippen LogP contribution in [0.4, 0.5) is 0 Å². The van der Waals surface area contributed by atoms with Crippen molar-refractivity contribution in [3.8, 4) is 0 Å². The second-order valence-corrected chi connectivity index (χ2v) is 5.56. The summed E-state index contributed by atoms with van der Waals surface area (Å²) in [5.74, 6) is 0.503. The SMILES string of the molecule is COC1(C)CCCN(C(=O)[C@@H]2CCCNC2)C1. The van der Waals surface area contributed by atoms with Crippen LogP contribution >= 0.6 is 0 Å². The molecule has 0 bridgehead atoms. The van der Waals surface area contributed by atoms with Gasteiger partial charge in [0.1, 0.15) is 0 Å². The highest BCUT2D eigenvalue weighted by atomic mass is 16.5. The summed E-state index contributed by atoms with van der Waals surface area (Å²) in [4.78, 5) is 14.4. The lowest BCUT2D eigenvalue weighted by atomic mass is 9.92. The molecule has 1 N–H and O–H groups in total. The van der Waals surface area contributed by atoms with Crippen molar-refractivity contribution >= 4 is 5.91 Å². The number of ether oxygens (including phenoxy) is 1. The van der Waals surface area contributed by atoms with Gasteiger partial charge in [-0.05, 0) is 39.2 Å². The van der Waals surface area contributed by atoms with E-state index in [2.05, 4.69) is 12.2 Å². The van der Waals surface area contributed by atoms with Gasteiger partial charge in [-0.15, -0.1) is 0 Å². The van der Waals surface area contributed by atoms with Gasteiger partial charge >= 0.3 is 0 Å². The molecule has 17 heavy (non-hydrogen) atoms. The number of piperidine rings is 2. The smallest absolute Gasteiger partial charge is 0.227 e. The Hall–Kier alpha value is -0.610. The maximum absolute atomic E-state index is 12.4. The van der Waals surface area contributed by atoms with Crippen molar-refractivity contribution in [2.45, 2.75) is 38.2 Å². The van der Waals surface area contributed by atoms with E-state index in [0.29, 0.717) is 5.91 Å². The van der Waals surface area contributed by atoms with Gasteiger partial charge in [0.05, 0.1) is 11.5 Å². The number of nitrogens with one attached hydrogen (secondary N) is 1. The van der Waals surface area contributed by atoms with E-state index in [4.69, 9.17) is 4.74 Å². The molecular formula is C13H24N2O2. The van der Waals surface area contributed by atoms with E-state index in [-0.39, 0.29) is 11.5 Å². The molecule has 2 aliphatic rings. The molecule has 1 amide bonds. The molecule has 0 spiro atoms. The van der Waals surface area contributed by atoms with Crippen LogP contribution in [0, 0.1) is 5.92 Å². The van der Waals surface area contributed by atoms with Crippen LogP contribution in [0.3, 0.4) is 0 Å². The quantitative estimate of drug-likeness (QED) is 0.783. The standard InChI is InChI=1S/C13H24N2O2/c1-13(17-2)6-4-8-15(10-13)12(16)11-5-3-7-14-9-11/h11,14H,3-10H2,1-2H3/t11-,13?/m1/s1. The zero-order valence-electron chi connectivity index (χ0n) is 11.0. The van der Waals surface area contributed by atoms with E-state index >= 15 is 0 Å². The van der Waals surface area contributed by atoms with Gasteiger partial charge in [0, 0.05) is 26.7 Å². The van der Waals surface area contributed by atoms with Crippen LogP contribution in [0.25, 0.3) is 0 Å². The largest absolute Gasteiger partial charge is 0.377 e. The first kappa shape index (κ1) is 12.8. The van der Waals surface area contributed by atoms with Crippen LogP contribution in [0.5, 0.6) is 0 Å². The highest BCUT2D eigenvalue weighted by Gasteiger charge is 2.35. The summed E-state index contributed by atoms with van der Waals surface area (Å²) in [5, 5.41) is 3.31. The third-order valence-corrected chi connectivity index (χ3v) is 4.11. The minimum atomic E-state index is -0.143. The molecule has 2 saturated heterocycles. The average molecular weight is 240 g/mol. The zero-order valence-corrected chi connectivity index (χ0v) is 11.0. The monoisotopic (exact) mass is 240 g/mol. The Kier molecular flexibility index (Phi) is 4.05.